The average molecular weight is 341 g/mol. The highest BCUT2D eigenvalue weighted by Crippen LogP contribution is 2.46. The summed E-state index contributed by atoms with van der Waals surface area (Å²) in [5.41, 5.74) is 2.29. The molecule has 1 aliphatic rings. The van der Waals surface area contributed by atoms with Gasteiger partial charge in [-0.15, -0.1) is 0 Å². The number of fused-ring (bicyclic) bond motifs is 1. The van der Waals surface area contributed by atoms with Gasteiger partial charge in [-0.3, -0.25) is 4.79 Å². The Morgan fingerprint density at radius 1 is 1.17 bits per heavy atom. The SMILES string of the molecule is COc1ccc(C2(NC(=O)c3cc4cc(Cl)ccc4[nH]3)CC2)cc1. The second-order valence-electron chi connectivity index (χ2n) is 6.18. The van der Waals surface area contributed by atoms with Gasteiger partial charge in [0.15, 0.2) is 0 Å². The minimum absolute atomic E-state index is 0.101. The predicted octanol–water partition coefficient (Wildman–Crippen LogP) is 4.25. The standard InChI is InChI=1S/C19H17ClN2O2/c1-24-15-5-2-13(3-6-15)19(8-9-19)22-18(23)17-11-12-10-14(20)4-7-16(12)21-17/h2-7,10-11,21H,8-9H2,1H3,(H,22,23). The lowest BCUT2D eigenvalue weighted by Gasteiger charge is -2.18. The van der Waals surface area contributed by atoms with E-state index in [2.05, 4.69) is 10.3 Å². The van der Waals surface area contributed by atoms with Crippen LogP contribution >= 0.6 is 11.6 Å². The first-order valence-electron chi connectivity index (χ1n) is 7.85. The van der Waals surface area contributed by atoms with E-state index in [9.17, 15) is 4.79 Å². The average Bonchev–Trinajstić information content (AvgIpc) is 3.25. The summed E-state index contributed by atoms with van der Waals surface area (Å²) in [6.45, 7) is 0. The van der Waals surface area contributed by atoms with Crippen LogP contribution in [0.3, 0.4) is 0 Å². The summed E-state index contributed by atoms with van der Waals surface area (Å²) in [7, 11) is 1.64. The largest absolute Gasteiger partial charge is 0.497 e. The third-order valence-electron chi connectivity index (χ3n) is 4.57. The van der Waals surface area contributed by atoms with Crippen LogP contribution in [0.25, 0.3) is 10.9 Å². The molecule has 0 unspecified atom stereocenters. The predicted molar refractivity (Wildman–Crippen MR) is 94.7 cm³/mol. The van der Waals surface area contributed by atoms with Crippen molar-refractivity contribution in [3.8, 4) is 5.75 Å². The van der Waals surface area contributed by atoms with Crippen molar-refractivity contribution in [1.82, 2.24) is 10.3 Å². The number of aromatic nitrogens is 1. The smallest absolute Gasteiger partial charge is 0.268 e. The van der Waals surface area contributed by atoms with Crippen LogP contribution in [-0.4, -0.2) is 18.0 Å². The number of hydrogen-bond acceptors (Lipinski definition) is 2. The number of ether oxygens (including phenoxy) is 1. The van der Waals surface area contributed by atoms with Gasteiger partial charge in [-0.2, -0.15) is 0 Å². The number of methoxy groups -OCH3 is 1. The van der Waals surface area contributed by atoms with Gasteiger partial charge in [0.25, 0.3) is 5.91 Å². The second kappa shape index (κ2) is 5.56. The highest BCUT2D eigenvalue weighted by molar-refractivity contribution is 6.31. The molecule has 4 nitrogen and oxygen atoms in total. The molecule has 1 saturated carbocycles. The fraction of sp³-hybridized carbons (Fsp3) is 0.211. The number of amides is 1. The lowest BCUT2D eigenvalue weighted by molar-refractivity contribution is 0.0926. The van der Waals surface area contributed by atoms with Crippen LogP contribution in [0.4, 0.5) is 0 Å². The molecule has 0 atom stereocenters. The molecule has 24 heavy (non-hydrogen) atoms. The molecule has 4 rings (SSSR count). The van der Waals surface area contributed by atoms with Gasteiger partial charge >= 0.3 is 0 Å². The molecule has 0 radical (unpaired) electrons. The van der Waals surface area contributed by atoms with Crippen LogP contribution in [0.1, 0.15) is 28.9 Å². The van der Waals surface area contributed by atoms with Crippen LogP contribution in [0.2, 0.25) is 5.02 Å². The van der Waals surface area contributed by atoms with Gasteiger partial charge in [0.2, 0.25) is 0 Å². The highest BCUT2D eigenvalue weighted by atomic mass is 35.5. The first-order chi connectivity index (χ1) is 11.6. The van der Waals surface area contributed by atoms with Crippen molar-refractivity contribution < 1.29 is 9.53 Å². The van der Waals surface area contributed by atoms with Gasteiger partial charge < -0.3 is 15.0 Å². The number of halogens is 1. The summed E-state index contributed by atoms with van der Waals surface area (Å²) in [5.74, 6) is 0.712. The number of nitrogens with one attached hydrogen (secondary N) is 2. The molecule has 2 aromatic carbocycles. The van der Waals surface area contributed by atoms with Crippen molar-refractivity contribution >= 4 is 28.4 Å². The third kappa shape index (κ3) is 2.63. The highest BCUT2D eigenvalue weighted by Gasteiger charge is 2.45. The van der Waals surface area contributed by atoms with E-state index in [-0.39, 0.29) is 11.4 Å². The molecular formula is C19H17ClN2O2. The molecule has 1 amide bonds. The Labute approximate surface area is 144 Å². The molecule has 0 aliphatic heterocycles. The van der Waals surface area contributed by atoms with E-state index in [0.717, 1.165) is 35.1 Å². The molecule has 1 aliphatic carbocycles. The molecule has 1 fully saturated rings. The number of hydrogen-bond donors (Lipinski definition) is 2. The number of rotatable bonds is 4. The summed E-state index contributed by atoms with van der Waals surface area (Å²) < 4.78 is 5.19. The minimum Gasteiger partial charge on any atom is -0.497 e. The zero-order valence-electron chi connectivity index (χ0n) is 13.2. The Morgan fingerprint density at radius 3 is 2.58 bits per heavy atom. The number of carbonyl (C=O) groups excluding carboxylic acids is 1. The summed E-state index contributed by atoms with van der Waals surface area (Å²) in [6.07, 6.45) is 1.88. The minimum atomic E-state index is -0.266. The van der Waals surface area contributed by atoms with Crippen LogP contribution in [0, 0.1) is 0 Å². The lowest BCUT2D eigenvalue weighted by Crippen LogP contribution is -2.35. The number of carbonyl (C=O) groups is 1. The third-order valence-corrected chi connectivity index (χ3v) is 4.81. The molecular weight excluding hydrogens is 324 g/mol. The first kappa shape index (κ1) is 15.1. The van der Waals surface area contributed by atoms with E-state index in [4.69, 9.17) is 16.3 Å². The van der Waals surface area contributed by atoms with Crippen LogP contribution < -0.4 is 10.1 Å². The zero-order valence-corrected chi connectivity index (χ0v) is 14.0. The Hall–Kier alpha value is -2.46. The molecule has 0 bridgehead atoms. The molecule has 3 aromatic rings. The normalized spacial score (nSPS) is 15.2. The van der Waals surface area contributed by atoms with Crippen molar-refractivity contribution in [3.63, 3.8) is 0 Å². The van der Waals surface area contributed by atoms with Crippen molar-refractivity contribution in [1.29, 1.82) is 0 Å². The van der Waals surface area contributed by atoms with Crippen LogP contribution in [0.15, 0.2) is 48.5 Å². The number of aromatic amines is 1. The van der Waals surface area contributed by atoms with Gasteiger partial charge in [0.05, 0.1) is 12.6 Å². The summed E-state index contributed by atoms with van der Waals surface area (Å²) in [5, 5.41) is 4.76. The maximum atomic E-state index is 12.7. The molecule has 1 heterocycles. The van der Waals surface area contributed by atoms with Gasteiger partial charge in [0.1, 0.15) is 11.4 Å². The Kier molecular flexibility index (Phi) is 3.50. The van der Waals surface area contributed by atoms with Gasteiger partial charge in [-0.25, -0.2) is 0 Å². The Morgan fingerprint density at radius 2 is 1.92 bits per heavy atom. The first-order valence-corrected chi connectivity index (χ1v) is 8.23. The fourth-order valence-electron chi connectivity index (χ4n) is 3.03. The maximum Gasteiger partial charge on any atom is 0.268 e. The summed E-state index contributed by atoms with van der Waals surface area (Å²) >= 11 is 6.00. The fourth-order valence-corrected chi connectivity index (χ4v) is 3.21. The summed E-state index contributed by atoms with van der Waals surface area (Å²) in [6, 6.07) is 15.2. The molecule has 122 valence electrons. The second-order valence-corrected chi connectivity index (χ2v) is 6.62. The van der Waals surface area contributed by atoms with Crippen molar-refractivity contribution in [2.24, 2.45) is 0 Å². The maximum absolute atomic E-state index is 12.7. The lowest BCUT2D eigenvalue weighted by atomic mass is 10.0. The molecule has 0 spiro atoms. The van der Waals surface area contributed by atoms with Gasteiger partial charge in [0, 0.05) is 15.9 Å². The molecule has 5 heteroatoms. The number of benzene rings is 2. The number of H-pyrrole nitrogens is 1. The van der Waals surface area contributed by atoms with E-state index in [0.29, 0.717) is 10.7 Å². The van der Waals surface area contributed by atoms with Crippen LogP contribution in [0.5, 0.6) is 5.75 Å². The van der Waals surface area contributed by atoms with E-state index in [1.807, 2.05) is 48.5 Å². The molecule has 0 saturated heterocycles. The van der Waals surface area contributed by atoms with Gasteiger partial charge in [-0.05, 0) is 54.8 Å². The van der Waals surface area contributed by atoms with E-state index in [1.165, 1.54) is 0 Å². The molecule has 2 N–H and O–H groups in total. The topological polar surface area (TPSA) is 54.1 Å². The van der Waals surface area contributed by atoms with Crippen molar-refractivity contribution in [3.05, 3.63) is 64.8 Å². The van der Waals surface area contributed by atoms with Crippen molar-refractivity contribution in [2.75, 3.05) is 7.11 Å². The Balaban J connectivity index is 1.57. The van der Waals surface area contributed by atoms with Crippen LogP contribution in [-0.2, 0) is 5.54 Å². The van der Waals surface area contributed by atoms with Crippen molar-refractivity contribution in [2.45, 2.75) is 18.4 Å². The molecule has 1 aromatic heterocycles. The van der Waals surface area contributed by atoms with Gasteiger partial charge in [-0.1, -0.05) is 23.7 Å². The van der Waals surface area contributed by atoms with E-state index < -0.39 is 0 Å². The summed E-state index contributed by atoms with van der Waals surface area (Å²) in [4.78, 5) is 15.8. The van der Waals surface area contributed by atoms with E-state index in [1.54, 1.807) is 7.11 Å². The monoisotopic (exact) mass is 340 g/mol. The zero-order chi connectivity index (χ0) is 16.7. The van der Waals surface area contributed by atoms with E-state index >= 15 is 0 Å². The quantitative estimate of drug-likeness (QED) is 0.746. The Bertz CT molecular complexity index is 911.